The van der Waals surface area contributed by atoms with E-state index in [2.05, 4.69) is 34.3 Å². The van der Waals surface area contributed by atoms with Crippen LogP contribution in [0.4, 0.5) is 34.1 Å². The Morgan fingerprint density at radius 1 is 0.357 bits per heavy atom. The Morgan fingerprint density at radius 3 is 0.988 bits per heavy atom. The van der Waals surface area contributed by atoms with Gasteiger partial charge in [0.15, 0.2) is 11.5 Å². The van der Waals surface area contributed by atoms with E-state index in [1.165, 1.54) is 151 Å². The van der Waals surface area contributed by atoms with Gasteiger partial charge in [-0.2, -0.15) is 10.2 Å². The van der Waals surface area contributed by atoms with Crippen molar-refractivity contribution >= 4 is 46.1 Å². The largest absolute Gasteiger partial charge is 0.494 e. The van der Waals surface area contributed by atoms with E-state index >= 15 is 0 Å². The number of benzene rings is 6. The minimum absolute atomic E-state index is 0.0871. The van der Waals surface area contributed by atoms with E-state index in [9.17, 15) is 29.8 Å². The molecule has 0 aliphatic carbocycles. The van der Waals surface area contributed by atoms with Gasteiger partial charge in [0.25, 0.3) is 11.4 Å². The lowest BCUT2D eigenvalue weighted by Crippen LogP contribution is -2.09. The van der Waals surface area contributed by atoms with Crippen LogP contribution in [0.15, 0.2) is 154 Å². The van der Waals surface area contributed by atoms with E-state index in [0.717, 1.165) is 25.7 Å². The molecule has 18 heteroatoms. The van der Waals surface area contributed by atoms with Gasteiger partial charge in [0.2, 0.25) is 0 Å². The number of azo groups is 2. The van der Waals surface area contributed by atoms with E-state index in [1.807, 2.05) is 0 Å². The molecule has 6 aromatic rings. The number of esters is 2. The first-order valence-corrected chi connectivity index (χ1v) is 29.8. The molecule has 6 aromatic carbocycles. The summed E-state index contributed by atoms with van der Waals surface area (Å²) in [6, 6.07) is 34.3. The lowest BCUT2D eigenvalue weighted by atomic mass is 10.1. The van der Waals surface area contributed by atoms with Gasteiger partial charge in [-0.15, -0.1) is 10.2 Å². The molecule has 0 N–H and O–H groups in total. The fourth-order valence-corrected chi connectivity index (χ4v) is 8.85. The van der Waals surface area contributed by atoms with Crippen molar-refractivity contribution in [1.29, 1.82) is 0 Å². The number of non-ortho nitro benzene ring substituents is 2. The van der Waals surface area contributed by atoms with Gasteiger partial charge in [-0.05, 0) is 123 Å². The van der Waals surface area contributed by atoms with Crippen molar-refractivity contribution in [2.75, 3.05) is 26.4 Å². The maximum absolute atomic E-state index is 13.4. The highest BCUT2D eigenvalue weighted by atomic mass is 16.6. The summed E-state index contributed by atoms with van der Waals surface area (Å²) in [5, 5.41) is 39.7. The molecule has 0 aromatic heterocycles. The Labute approximate surface area is 493 Å². The van der Waals surface area contributed by atoms with Crippen molar-refractivity contribution in [3.8, 4) is 34.5 Å². The molecular formula is C66H80N6O12. The number of unbranched alkanes of at least 4 members (excludes halogenated alkanes) is 19. The summed E-state index contributed by atoms with van der Waals surface area (Å²) in [5.41, 5.74) is 1.85. The molecule has 0 unspecified atom stereocenters. The molecule has 18 nitrogen and oxygen atoms in total. The Bertz CT molecular complexity index is 2790. The summed E-state index contributed by atoms with van der Waals surface area (Å²) >= 11 is 0. The van der Waals surface area contributed by atoms with Gasteiger partial charge in [0.05, 0.1) is 58.8 Å². The standard InChI is InChI=1S/C66H80N6O12/c1-3-5-7-9-11-13-15-17-19-21-45-79-57-37-25-51(26-38-57)65(73)83-59-41-43-61(69-67-53-29-33-55(34-30-53)71(75)76)63(49-59)81-47-23-24-48-82-64-50-60(42-44-62(64)70-68-54-31-35-56(36-32-54)72(77)78)84-66(74)52-27-39-58(40-28-52)80-46-22-20-18-16-14-12-10-8-6-4-2/h25-44,49-50H,3-24,45-48H2,1-2H3. The maximum atomic E-state index is 13.4. The first-order valence-electron chi connectivity index (χ1n) is 29.8. The molecule has 0 spiro atoms. The summed E-state index contributed by atoms with van der Waals surface area (Å²) in [6.07, 6.45) is 25.7. The predicted molar refractivity (Wildman–Crippen MR) is 325 cm³/mol. The van der Waals surface area contributed by atoms with Crippen LogP contribution in [0, 0.1) is 20.2 Å². The number of hydrogen-bond acceptors (Lipinski definition) is 16. The second-order valence-electron chi connectivity index (χ2n) is 20.5. The van der Waals surface area contributed by atoms with Crippen molar-refractivity contribution in [2.24, 2.45) is 20.5 Å². The average molecular weight is 1150 g/mol. The quantitative estimate of drug-likeness (QED) is 0.00872. The normalized spacial score (nSPS) is 11.2. The third-order valence-electron chi connectivity index (χ3n) is 13.7. The monoisotopic (exact) mass is 1150 g/mol. The highest BCUT2D eigenvalue weighted by Gasteiger charge is 2.16. The fourth-order valence-electron chi connectivity index (χ4n) is 8.85. The first-order chi connectivity index (χ1) is 41.1. The zero-order chi connectivity index (χ0) is 59.4. The molecular weight excluding hydrogens is 1070 g/mol. The van der Waals surface area contributed by atoms with Crippen LogP contribution in [0.5, 0.6) is 34.5 Å². The van der Waals surface area contributed by atoms with Crippen molar-refractivity contribution in [1.82, 2.24) is 0 Å². The van der Waals surface area contributed by atoms with Gasteiger partial charge in [-0.1, -0.05) is 129 Å². The molecule has 0 bridgehead atoms. The second-order valence-corrected chi connectivity index (χ2v) is 20.5. The van der Waals surface area contributed by atoms with Crippen LogP contribution in [-0.2, 0) is 0 Å². The topological polar surface area (TPSA) is 225 Å². The molecule has 0 saturated carbocycles. The number of carbonyl (C=O) groups is 2. The van der Waals surface area contributed by atoms with E-state index in [0.29, 0.717) is 71.4 Å². The summed E-state index contributed by atoms with van der Waals surface area (Å²) in [5.74, 6) is 1.10. The SMILES string of the molecule is CCCCCCCCCCCCOc1ccc(C(=O)Oc2ccc(N=Nc3ccc([N+](=O)[O-])cc3)c(OCCCCOc3cc(OC(=O)c4ccc(OCCCCCCCCCCCC)cc4)ccc3N=Nc3ccc([N+](=O)[O-])cc3)c2)cc1. The minimum atomic E-state index is -0.584. The van der Waals surface area contributed by atoms with Gasteiger partial charge < -0.3 is 28.4 Å². The van der Waals surface area contributed by atoms with Gasteiger partial charge >= 0.3 is 11.9 Å². The molecule has 0 saturated heterocycles. The highest BCUT2D eigenvalue weighted by Crippen LogP contribution is 2.36. The van der Waals surface area contributed by atoms with Crippen LogP contribution in [0.2, 0.25) is 0 Å². The molecule has 6 rings (SSSR count). The summed E-state index contributed by atoms with van der Waals surface area (Å²) in [7, 11) is 0. The van der Waals surface area contributed by atoms with E-state index < -0.39 is 21.8 Å². The van der Waals surface area contributed by atoms with Crippen LogP contribution in [0.1, 0.15) is 176 Å². The molecule has 0 fully saturated rings. The second kappa shape index (κ2) is 37.5. The number of nitrogens with zero attached hydrogens (tertiary/aromatic N) is 6. The number of nitro groups is 2. The Balaban J connectivity index is 1.03. The first kappa shape index (κ1) is 64.6. The minimum Gasteiger partial charge on any atom is -0.494 e. The Morgan fingerprint density at radius 2 is 0.655 bits per heavy atom. The van der Waals surface area contributed by atoms with Crippen molar-refractivity contribution in [3.05, 3.63) is 165 Å². The molecule has 0 heterocycles. The van der Waals surface area contributed by atoms with Crippen LogP contribution >= 0.6 is 0 Å². The Hall–Kier alpha value is -8.54. The van der Waals surface area contributed by atoms with Crippen molar-refractivity contribution in [3.63, 3.8) is 0 Å². The molecule has 0 radical (unpaired) electrons. The predicted octanol–water partition coefficient (Wildman–Crippen LogP) is 19.6. The van der Waals surface area contributed by atoms with Crippen LogP contribution in [0.3, 0.4) is 0 Å². The van der Waals surface area contributed by atoms with Crippen LogP contribution < -0.4 is 28.4 Å². The molecule has 0 atom stereocenters. The lowest BCUT2D eigenvalue weighted by molar-refractivity contribution is -0.385. The van der Waals surface area contributed by atoms with E-state index in [-0.39, 0.29) is 47.6 Å². The Kier molecular flexibility index (Phi) is 28.9. The number of nitro benzene ring substituents is 2. The molecule has 0 aliphatic rings. The van der Waals surface area contributed by atoms with Gasteiger partial charge in [0.1, 0.15) is 34.4 Å². The maximum Gasteiger partial charge on any atom is 0.343 e. The van der Waals surface area contributed by atoms with Gasteiger partial charge in [-0.25, -0.2) is 9.59 Å². The highest BCUT2D eigenvalue weighted by molar-refractivity contribution is 5.92. The van der Waals surface area contributed by atoms with Crippen molar-refractivity contribution < 1.29 is 47.9 Å². The smallest absolute Gasteiger partial charge is 0.343 e. The zero-order valence-corrected chi connectivity index (χ0v) is 48.7. The van der Waals surface area contributed by atoms with Gasteiger partial charge in [-0.3, -0.25) is 20.2 Å². The number of hydrogen-bond donors (Lipinski definition) is 0. The van der Waals surface area contributed by atoms with E-state index in [4.69, 9.17) is 28.4 Å². The summed E-state index contributed by atoms with van der Waals surface area (Å²) in [6.45, 7) is 6.03. The summed E-state index contributed by atoms with van der Waals surface area (Å²) < 4.78 is 35.9. The van der Waals surface area contributed by atoms with Gasteiger partial charge in [0, 0.05) is 36.4 Å². The molecule has 0 aliphatic heterocycles. The average Bonchev–Trinajstić information content (AvgIpc) is 3.69. The third kappa shape index (κ3) is 24.1. The molecule has 0 amide bonds. The van der Waals surface area contributed by atoms with Crippen LogP contribution in [-0.4, -0.2) is 48.2 Å². The fraction of sp³-hybridized carbons (Fsp3) is 0.424. The summed E-state index contributed by atoms with van der Waals surface area (Å²) in [4.78, 5) is 48.1. The van der Waals surface area contributed by atoms with Crippen LogP contribution in [0.25, 0.3) is 0 Å². The lowest BCUT2D eigenvalue weighted by Gasteiger charge is -2.13. The number of ether oxygens (including phenoxy) is 6. The molecule has 84 heavy (non-hydrogen) atoms. The molecule has 446 valence electrons. The van der Waals surface area contributed by atoms with Crippen molar-refractivity contribution in [2.45, 2.75) is 155 Å². The van der Waals surface area contributed by atoms with E-state index in [1.54, 1.807) is 84.9 Å². The number of rotatable bonds is 41. The third-order valence-corrected chi connectivity index (χ3v) is 13.7. The number of carbonyl (C=O) groups excluding carboxylic acids is 2. The zero-order valence-electron chi connectivity index (χ0n) is 48.7.